The quantitative estimate of drug-likeness (QED) is 0.596. The molecule has 0 bridgehead atoms. The Morgan fingerprint density at radius 1 is 1.00 bits per heavy atom. The lowest BCUT2D eigenvalue weighted by Gasteiger charge is -2.27. The van der Waals surface area contributed by atoms with Crippen molar-refractivity contribution in [1.29, 1.82) is 0 Å². The summed E-state index contributed by atoms with van der Waals surface area (Å²) in [5, 5.41) is 5.75. The molecule has 2 rings (SSSR count). The molecule has 6 heteroatoms. The molecule has 23 heavy (non-hydrogen) atoms. The van der Waals surface area contributed by atoms with Crippen LogP contribution in [0, 0.1) is 13.8 Å². The summed E-state index contributed by atoms with van der Waals surface area (Å²) in [4.78, 5) is 12.4. The lowest BCUT2D eigenvalue weighted by molar-refractivity contribution is 0.0941. The highest BCUT2D eigenvalue weighted by molar-refractivity contribution is 6.68. The van der Waals surface area contributed by atoms with Crippen LogP contribution in [0.4, 0.5) is 5.69 Å². The molecule has 0 saturated heterocycles. The van der Waals surface area contributed by atoms with E-state index in [1.165, 1.54) is 0 Å². The van der Waals surface area contributed by atoms with Crippen molar-refractivity contribution in [2.24, 2.45) is 0 Å². The van der Waals surface area contributed by atoms with Crippen molar-refractivity contribution < 1.29 is 4.79 Å². The van der Waals surface area contributed by atoms with E-state index in [4.69, 9.17) is 34.8 Å². The van der Waals surface area contributed by atoms with Gasteiger partial charge >= 0.3 is 0 Å². The van der Waals surface area contributed by atoms with Gasteiger partial charge in [-0.25, -0.2) is 0 Å². The van der Waals surface area contributed by atoms with Crippen molar-refractivity contribution in [1.82, 2.24) is 5.32 Å². The van der Waals surface area contributed by atoms with E-state index < -0.39 is 9.96 Å². The van der Waals surface area contributed by atoms with Gasteiger partial charge in [-0.2, -0.15) is 0 Å². The van der Waals surface area contributed by atoms with E-state index in [1.54, 1.807) is 12.1 Å². The fourth-order valence-corrected chi connectivity index (χ4v) is 2.34. The Morgan fingerprint density at radius 3 is 2.22 bits per heavy atom. The van der Waals surface area contributed by atoms with Gasteiger partial charge in [-0.05, 0) is 38.1 Å². The van der Waals surface area contributed by atoms with E-state index in [2.05, 4.69) is 10.6 Å². The van der Waals surface area contributed by atoms with E-state index in [0.717, 1.165) is 16.8 Å². The number of rotatable bonds is 4. The summed E-state index contributed by atoms with van der Waals surface area (Å²) < 4.78 is -1.70. The summed E-state index contributed by atoms with van der Waals surface area (Å²) in [7, 11) is 0. The van der Waals surface area contributed by atoms with E-state index in [1.807, 2.05) is 50.2 Å². The molecule has 2 aromatic rings. The minimum Gasteiger partial charge on any atom is -0.362 e. The van der Waals surface area contributed by atoms with Crippen molar-refractivity contribution in [2.45, 2.75) is 23.8 Å². The second kappa shape index (κ2) is 7.43. The monoisotopic (exact) mass is 370 g/mol. The summed E-state index contributed by atoms with van der Waals surface area (Å²) in [6.07, 6.45) is -0.872. The summed E-state index contributed by atoms with van der Waals surface area (Å²) in [6, 6.07) is 14.8. The molecule has 0 heterocycles. The molecule has 0 aliphatic carbocycles. The Morgan fingerprint density at radius 2 is 1.65 bits per heavy atom. The first-order valence-corrected chi connectivity index (χ1v) is 8.16. The summed E-state index contributed by atoms with van der Waals surface area (Å²) in [5.41, 5.74) is 3.35. The van der Waals surface area contributed by atoms with Crippen molar-refractivity contribution in [3.63, 3.8) is 0 Å². The third kappa shape index (κ3) is 5.31. The molecular weight excluding hydrogens is 355 g/mol. The Kier molecular flexibility index (Phi) is 5.79. The van der Waals surface area contributed by atoms with E-state index in [-0.39, 0.29) is 5.91 Å². The van der Waals surface area contributed by atoms with Crippen LogP contribution >= 0.6 is 34.8 Å². The van der Waals surface area contributed by atoms with Gasteiger partial charge in [0.05, 0.1) is 0 Å². The van der Waals surface area contributed by atoms with Crippen molar-refractivity contribution in [3.8, 4) is 0 Å². The van der Waals surface area contributed by atoms with Crippen molar-refractivity contribution in [3.05, 3.63) is 65.2 Å². The molecule has 2 N–H and O–H groups in total. The van der Waals surface area contributed by atoms with Gasteiger partial charge in [0.15, 0.2) is 0 Å². The van der Waals surface area contributed by atoms with Crippen molar-refractivity contribution >= 4 is 46.4 Å². The number of anilines is 1. The predicted molar refractivity (Wildman–Crippen MR) is 97.5 cm³/mol. The van der Waals surface area contributed by atoms with E-state index in [0.29, 0.717) is 5.56 Å². The highest BCUT2D eigenvalue weighted by Crippen LogP contribution is 2.31. The molecule has 0 aromatic heterocycles. The number of aryl methyl sites for hydroxylation is 2. The Labute approximate surface area is 150 Å². The normalized spacial score (nSPS) is 12.6. The van der Waals surface area contributed by atoms with Crippen LogP contribution in [0.3, 0.4) is 0 Å². The van der Waals surface area contributed by atoms with Crippen molar-refractivity contribution in [2.75, 3.05) is 5.32 Å². The third-order valence-electron chi connectivity index (χ3n) is 3.25. The lowest BCUT2D eigenvalue weighted by Crippen LogP contribution is -2.49. The molecule has 0 fully saturated rings. The average molecular weight is 372 g/mol. The van der Waals surface area contributed by atoms with Crippen LogP contribution in [0.15, 0.2) is 48.5 Å². The van der Waals surface area contributed by atoms with Crippen LogP contribution < -0.4 is 10.6 Å². The number of alkyl halides is 3. The first-order valence-electron chi connectivity index (χ1n) is 7.03. The summed E-state index contributed by atoms with van der Waals surface area (Å²) >= 11 is 18.0. The zero-order valence-electron chi connectivity index (χ0n) is 12.7. The molecule has 122 valence electrons. The smallest absolute Gasteiger partial charge is 0.252 e. The molecule has 0 unspecified atom stereocenters. The molecule has 1 amide bonds. The molecule has 0 aliphatic heterocycles. The van der Waals surface area contributed by atoms with Gasteiger partial charge in [0, 0.05) is 11.3 Å². The second-order valence-electron chi connectivity index (χ2n) is 5.33. The van der Waals surface area contributed by atoms with E-state index >= 15 is 0 Å². The average Bonchev–Trinajstić information content (AvgIpc) is 2.47. The molecule has 0 spiro atoms. The largest absolute Gasteiger partial charge is 0.362 e. The highest BCUT2D eigenvalue weighted by Gasteiger charge is 2.34. The fraction of sp³-hybridized carbons (Fsp3) is 0.235. The predicted octanol–water partition coefficient (Wildman–Crippen LogP) is 4.84. The topological polar surface area (TPSA) is 41.1 Å². The number of hydrogen-bond donors (Lipinski definition) is 2. The fourth-order valence-electron chi connectivity index (χ4n) is 2.02. The molecule has 0 radical (unpaired) electrons. The maximum atomic E-state index is 12.4. The van der Waals surface area contributed by atoms with Gasteiger partial charge in [0.25, 0.3) is 5.91 Å². The minimum atomic E-state index is -1.70. The number of carbonyl (C=O) groups excluding carboxylic acids is 1. The van der Waals surface area contributed by atoms with Crippen LogP contribution in [-0.2, 0) is 0 Å². The summed E-state index contributed by atoms with van der Waals surface area (Å²) in [6.45, 7) is 3.89. The van der Waals surface area contributed by atoms with Gasteiger partial charge in [0.1, 0.15) is 6.17 Å². The molecular formula is C17H17Cl3N2O. The molecule has 1 atom stereocenters. The maximum Gasteiger partial charge on any atom is 0.252 e. The van der Waals surface area contributed by atoms with Crippen LogP contribution in [0.2, 0.25) is 0 Å². The number of amides is 1. The summed E-state index contributed by atoms with van der Waals surface area (Å²) in [5.74, 6) is -0.315. The molecule has 0 saturated carbocycles. The highest BCUT2D eigenvalue weighted by atomic mass is 35.6. The number of nitrogens with one attached hydrogen (secondary N) is 2. The van der Waals surface area contributed by atoms with Gasteiger partial charge in [0.2, 0.25) is 3.79 Å². The van der Waals surface area contributed by atoms with Crippen LogP contribution in [-0.4, -0.2) is 15.9 Å². The maximum absolute atomic E-state index is 12.4. The number of benzene rings is 2. The third-order valence-corrected chi connectivity index (χ3v) is 3.90. The Hall–Kier alpha value is -1.42. The van der Waals surface area contributed by atoms with Gasteiger partial charge < -0.3 is 10.6 Å². The van der Waals surface area contributed by atoms with Gasteiger partial charge in [-0.15, -0.1) is 0 Å². The zero-order valence-corrected chi connectivity index (χ0v) is 15.0. The van der Waals surface area contributed by atoms with Gasteiger partial charge in [-0.3, -0.25) is 4.79 Å². The standard InChI is InChI=1S/C17H17Cl3N2O/c1-11-6-8-14(9-7-11)21-16(17(18,19)20)22-15(23)13-5-3-4-12(2)10-13/h3-10,16,21H,1-2H3,(H,22,23)/t16-/m0/s1. The van der Waals surface area contributed by atoms with Crippen LogP contribution in [0.25, 0.3) is 0 Å². The molecule has 0 aliphatic rings. The Balaban J connectivity index is 2.16. The SMILES string of the molecule is Cc1ccc(N[C@@H](NC(=O)c2cccc(C)c2)C(Cl)(Cl)Cl)cc1. The van der Waals surface area contributed by atoms with Gasteiger partial charge in [-0.1, -0.05) is 70.2 Å². The molecule has 3 nitrogen and oxygen atoms in total. The van der Waals surface area contributed by atoms with Crippen LogP contribution in [0.5, 0.6) is 0 Å². The second-order valence-corrected chi connectivity index (χ2v) is 7.70. The minimum absolute atomic E-state index is 0.315. The Bertz CT molecular complexity index is 681. The van der Waals surface area contributed by atoms with Crippen LogP contribution in [0.1, 0.15) is 21.5 Å². The number of carbonyl (C=O) groups is 1. The zero-order chi connectivity index (χ0) is 17.0. The van der Waals surface area contributed by atoms with E-state index in [9.17, 15) is 4.79 Å². The first-order chi connectivity index (χ1) is 10.8. The number of halogens is 3. The molecule has 2 aromatic carbocycles. The first kappa shape index (κ1) is 17.9. The number of hydrogen-bond acceptors (Lipinski definition) is 2. The lowest BCUT2D eigenvalue weighted by atomic mass is 10.1.